The third-order valence-electron chi connectivity index (χ3n) is 25.8. The Bertz CT molecular complexity index is 2770. The van der Waals surface area contributed by atoms with Gasteiger partial charge in [-0.15, -0.1) is 0 Å². The molecule has 0 radical (unpaired) electrons. The number of ether oxygens (including phenoxy) is 4. The Morgan fingerprint density at radius 3 is 0.853 bits per heavy atom. The number of unbranched alkanes of at least 4 members (excludes halogenated alkanes) is 25. The second-order valence-corrected chi connectivity index (χ2v) is 41.4. The molecule has 6 aliphatic rings. The van der Waals surface area contributed by atoms with Crippen molar-refractivity contribution in [3.8, 4) is 12.0 Å². The standard InChI is InChI=1S/C94H176N14O8/c1-21-25-29-33-39-49-59-113-105-87(5,6)63-75(64-88(105,7)8)53-43-45-55-95-81-97-83(101-85(99-81)111-73-79-71-109-79)103(77-67-91(13,14)107(92(15,16)68-77)115-61-51-41-35-31-27-23-3)57-47-37-38-48-58-104(78-69-93(17,18)108(94(19,20)70-78)116-62-52-42-36-32-28-24-4)84-98-82(100-86(102-84)112-74-80-72-110-80)96-56-46-44-54-76-65-89(9,10)106(90(11,12)66-76)114-60-50-40-34-30-26-22-2/h75-80H,21-74H2,1-20H3,(H,95,97,99,101)(H,96,98,100,102). The van der Waals surface area contributed by atoms with E-state index in [1.165, 1.54) is 141 Å². The van der Waals surface area contributed by atoms with Gasteiger partial charge >= 0.3 is 12.0 Å². The molecule has 6 saturated heterocycles. The van der Waals surface area contributed by atoms with Gasteiger partial charge in [0.2, 0.25) is 23.8 Å². The molecule has 22 nitrogen and oxygen atoms in total. The van der Waals surface area contributed by atoms with E-state index in [-0.39, 0.29) is 68.6 Å². The van der Waals surface area contributed by atoms with Gasteiger partial charge in [-0.1, -0.05) is 195 Å². The number of hydrogen-bond donors (Lipinski definition) is 2. The Morgan fingerprint density at radius 1 is 0.319 bits per heavy atom. The maximum Gasteiger partial charge on any atom is 0.323 e. The number of piperidine rings is 4. The van der Waals surface area contributed by atoms with E-state index in [9.17, 15) is 0 Å². The Labute approximate surface area is 708 Å². The van der Waals surface area contributed by atoms with Crippen molar-refractivity contribution >= 4 is 23.8 Å². The largest absolute Gasteiger partial charge is 0.460 e. The van der Waals surface area contributed by atoms with E-state index in [1.807, 2.05) is 0 Å². The van der Waals surface area contributed by atoms with E-state index < -0.39 is 0 Å². The summed E-state index contributed by atoms with van der Waals surface area (Å²) >= 11 is 0. The molecule has 0 amide bonds. The Kier molecular flexibility index (Phi) is 40.4. The molecule has 0 spiro atoms. The number of nitrogens with one attached hydrogen (secondary N) is 2. The topological polar surface area (TPSA) is 201 Å². The summed E-state index contributed by atoms with van der Waals surface area (Å²) in [4.78, 5) is 63.4. The first-order valence-electron chi connectivity index (χ1n) is 48.1. The van der Waals surface area contributed by atoms with Gasteiger partial charge in [-0.2, -0.15) is 50.2 Å². The van der Waals surface area contributed by atoms with E-state index in [0.29, 0.717) is 74.1 Å². The molecule has 0 saturated carbocycles. The smallest absolute Gasteiger partial charge is 0.323 e. The molecule has 22 heteroatoms. The summed E-state index contributed by atoms with van der Waals surface area (Å²) in [7, 11) is 0. The van der Waals surface area contributed by atoms with Crippen LogP contribution in [0.25, 0.3) is 0 Å². The van der Waals surface area contributed by atoms with Crippen LogP contribution in [0.3, 0.4) is 0 Å². The van der Waals surface area contributed by atoms with Crippen LogP contribution in [0.5, 0.6) is 12.0 Å². The van der Waals surface area contributed by atoms with Crippen LogP contribution in [0.15, 0.2) is 0 Å². The lowest BCUT2D eigenvalue weighted by Crippen LogP contribution is -2.64. The van der Waals surface area contributed by atoms with Gasteiger partial charge in [-0.05, 0) is 225 Å². The second kappa shape index (κ2) is 47.9. The second-order valence-electron chi connectivity index (χ2n) is 41.4. The van der Waals surface area contributed by atoms with Gasteiger partial charge in [-0.3, -0.25) is 19.4 Å². The van der Waals surface area contributed by atoms with Crippen molar-refractivity contribution in [2.75, 3.05) is 99.5 Å². The highest BCUT2D eigenvalue weighted by Crippen LogP contribution is 2.48. The molecular formula is C94H176N14O8. The first-order chi connectivity index (χ1) is 55.3. The van der Waals surface area contributed by atoms with E-state index >= 15 is 0 Å². The van der Waals surface area contributed by atoms with Crippen LogP contribution in [-0.2, 0) is 28.8 Å². The van der Waals surface area contributed by atoms with E-state index in [1.54, 1.807) is 0 Å². The lowest BCUT2D eigenvalue weighted by molar-refractivity contribution is -0.288. The highest BCUT2D eigenvalue weighted by atomic mass is 16.7. The van der Waals surface area contributed by atoms with Gasteiger partial charge in [0, 0.05) is 82.6 Å². The fraction of sp³-hybridized carbons (Fsp3) is 0.936. The molecule has 2 aromatic heterocycles. The van der Waals surface area contributed by atoms with Crippen molar-refractivity contribution in [3.63, 3.8) is 0 Å². The third kappa shape index (κ3) is 32.6. The van der Waals surface area contributed by atoms with Crippen LogP contribution >= 0.6 is 0 Å². The lowest BCUT2D eigenvalue weighted by atomic mass is 9.73. The van der Waals surface area contributed by atoms with Gasteiger partial charge in [0.1, 0.15) is 25.4 Å². The zero-order chi connectivity index (χ0) is 83.9. The monoisotopic (exact) mass is 1630 g/mol. The maximum atomic E-state index is 6.88. The maximum absolute atomic E-state index is 6.88. The minimum Gasteiger partial charge on any atom is -0.460 e. The third-order valence-corrected chi connectivity index (χ3v) is 25.8. The van der Waals surface area contributed by atoms with Gasteiger partial charge < -0.3 is 39.4 Å². The molecule has 116 heavy (non-hydrogen) atoms. The molecule has 2 aromatic rings. The van der Waals surface area contributed by atoms with Crippen molar-refractivity contribution in [2.45, 2.75) is 477 Å². The van der Waals surface area contributed by atoms with Crippen LogP contribution in [0, 0.1) is 11.8 Å². The summed E-state index contributed by atoms with van der Waals surface area (Å²) < 4.78 is 24.3. The molecule has 6 aliphatic heterocycles. The Morgan fingerprint density at radius 2 is 0.578 bits per heavy atom. The number of hydroxylamine groups is 8. The Balaban J connectivity index is 0.977. The van der Waals surface area contributed by atoms with E-state index in [4.69, 9.17) is 68.2 Å². The summed E-state index contributed by atoms with van der Waals surface area (Å²) in [5.41, 5.74) is -1.24. The fourth-order valence-corrected chi connectivity index (χ4v) is 21.0. The van der Waals surface area contributed by atoms with Gasteiger partial charge in [0.05, 0.1) is 39.6 Å². The van der Waals surface area contributed by atoms with Crippen molar-refractivity contribution in [1.29, 1.82) is 0 Å². The lowest BCUT2D eigenvalue weighted by Gasteiger charge is -2.55. The van der Waals surface area contributed by atoms with E-state index in [2.05, 4.69) is 179 Å². The predicted octanol–water partition coefficient (Wildman–Crippen LogP) is 22.4. The molecule has 8 heterocycles. The van der Waals surface area contributed by atoms with Gasteiger partial charge in [0.15, 0.2) is 0 Å². The average molecular weight is 1630 g/mol. The highest BCUT2D eigenvalue weighted by molar-refractivity contribution is 5.42. The fourth-order valence-electron chi connectivity index (χ4n) is 21.0. The van der Waals surface area contributed by atoms with Gasteiger partial charge in [-0.25, -0.2) is 0 Å². The van der Waals surface area contributed by atoms with Crippen molar-refractivity contribution < 1.29 is 38.3 Å². The molecule has 2 N–H and O–H groups in total. The zero-order valence-corrected chi connectivity index (χ0v) is 78.3. The first-order valence-corrected chi connectivity index (χ1v) is 48.1. The molecule has 0 aromatic carbocycles. The van der Waals surface area contributed by atoms with E-state index in [0.717, 1.165) is 181 Å². The van der Waals surface area contributed by atoms with Crippen LogP contribution in [0.1, 0.15) is 408 Å². The minimum atomic E-state index is -0.273. The number of anilines is 4. The van der Waals surface area contributed by atoms with Crippen LogP contribution < -0.4 is 29.9 Å². The normalized spacial score (nSPS) is 22.1. The number of hydrogen-bond acceptors (Lipinski definition) is 22. The van der Waals surface area contributed by atoms with Crippen molar-refractivity contribution in [3.05, 3.63) is 0 Å². The molecule has 2 atom stereocenters. The summed E-state index contributed by atoms with van der Waals surface area (Å²) in [5, 5.41) is 16.8. The number of rotatable bonds is 61. The summed E-state index contributed by atoms with van der Waals surface area (Å²) in [5.74, 6) is 3.71. The summed E-state index contributed by atoms with van der Waals surface area (Å²) in [6.07, 6.45) is 48.7. The minimum absolute atomic E-state index is 0.0370. The number of epoxide rings is 2. The Hall–Kier alpha value is -3.58. The molecule has 8 rings (SSSR count). The molecular weight excluding hydrogens is 1450 g/mol. The quantitative estimate of drug-likeness (QED) is 0.0467. The average Bonchev–Trinajstić information content (AvgIpc) is 1.14. The number of nitrogens with zero attached hydrogens (tertiary/aromatic N) is 12. The zero-order valence-electron chi connectivity index (χ0n) is 78.3. The molecule has 0 bridgehead atoms. The summed E-state index contributed by atoms with van der Waals surface area (Å²) in [6.45, 7) is 55.5. The molecule has 0 aliphatic carbocycles. The van der Waals surface area contributed by atoms with Crippen LogP contribution in [0.2, 0.25) is 0 Å². The van der Waals surface area contributed by atoms with Crippen LogP contribution in [0.4, 0.5) is 23.8 Å². The van der Waals surface area contributed by atoms with Gasteiger partial charge in [0.25, 0.3) is 0 Å². The summed E-state index contributed by atoms with van der Waals surface area (Å²) in [6, 6.07) is 0.924. The predicted molar refractivity (Wildman–Crippen MR) is 477 cm³/mol. The SMILES string of the molecule is CCCCCCCCON1C(C)(C)CC(CCCCNc2nc(OCC3CO3)nc(N(CCCCCCN(c3nc(NCCCCC4CC(C)(C)N(OCCCCCCCC)C(C)(C)C4)nc(OCC4CO4)n3)C3CC(C)(C)N(OCCCCCCCC)C(C)(C)C3)C3CC(C)(C)N(OCCCCCCCC)C(C)(C)C3)n2)CC1(C)C. The molecule has 2 unspecified atom stereocenters. The van der Waals surface area contributed by atoms with Crippen molar-refractivity contribution in [1.82, 2.24) is 50.2 Å². The van der Waals surface area contributed by atoms with Crippen molar-refractivity contribution in [2.24, 2.45) is 11.8 Å². The van der Waals surface area contributed by atoms with Crippen LogP contribution in [-0.4, -0.2) is 198 Å². The highest BCUT2D eigenvalue weighted by Gasteiger charge is 2.52. The molecule has 6 fully saturated rings. The number of aromatic nitrogens is 6. The molecule has 670 valence electrons. The first kappa shape index (κ1) is 97.9.